The van der Waals surface area contributed by atoms with E-state index in [0.29, 0.717) is 17.9 Å². The van der Waals surface area contributed by atoms with Crippen LogP contribution in [0, 0.1) is 20.8 Å². The van der Waals surface area contributed by atoms with Gasteiger partial charge < -0.3 is 15.4 Å². The molecule has 0 bridgehead atoms. The Balaban J connectivity index is 1.78. The van der Waals surface area contributed by atoms with Gasteiger partial charge in [-0.15, -0.1) is 0 Å². The number of aryl methyl sites for hydroxylation is 3. The van der Waals surface area contributed by atoms with E-state index >= 15 is 0 Å². The topological polar surface area (TPSA) is 84.5 Å². The first-order valence-corrected chi connectivity index (χ1v) is 9.70. The van der Waals surface area contributed by atoms with E-state index < -0.39 is 0 Å². The number of hydrogen-bond donors (Lipinski definition) is 2. The van der Waals surface area contributed by atoms with Crippen molar-refractivity contribution >= 4 is 23.3 Å². The zero-order valence-corrected chi connectivity index (χ0v) is 17.4. The molecule has 0 unspecified atom stereocenters. The molecule has 0 spiro atoms. The predicted octanol–water partition coefficient (Wildman–Crippen LogP) is 3.73. The normalized spacial score (nSPS) is 10.3. The van der Waals surface area contributed by atoms with Crippen LogP contribution in [-0.4, -0.2) is 30.7 Å². The van der Waals surface area contributed by atoms with E-state index in [1.54, 1.807) is 24.3 Å². The van der Waals surface area contributed by atoms with Crippen LogP contribution in [0.3, 0.4) is 0 Å². The SMILES string of the molecule is CCOc1ccc(C(=O)CCC(=O)NCC(=O)Nc2c(C)cc(C)cc2C)cc1. The summed E-state index contributed by atoms with van der Waals surface area (Å²) in [5.74, 6) is -0.0616. The zero-order valence-electron chi connectivity index (χ0n) is 17.4. The maximum absolute atomic E-state index is 12.2. The highest BCUT2D eigenvalue weighted by Crippen LogP contribution is 2.21. The number of Topliss-reactive ketones (excluding diaryl/α,β-unsaturated/α-hetero) is 1. The predicted molar refractivity (Wildman–Crippen MR) is 113 cm³/mol. The molecule has 29 heavy (non-hydrogen) atoms. The van der Waals surface area contributed by atoms with Crippen LogP contribution in [0.1, 0.15) is 46.8 Å². The molecule has 2 aromatic rings. The van der Waals surface area contributed by atoms with E-state index in [1.165, 1.54) is 0 Å². The molecule has 0 saturated heterocycles. The Morgan fingerprint density at radius 3 is 2.10 bits per heavy atom. The second-order valence-electron chi connectivity index (χ2n) is 6.98. The van der Waals surface area contributed by atoms with Crippen LogP contribution in [0.25, 0.3) is 0 Å². The van der Waals surface area contributed by atoms with Gasteiger partial charge >= 0.3 is 0 Å². The van der Waals surface area contributed by atoms with Crippen molar-refractivity contribution in [2.45, 2.75) is 40.5 Å². The summed E-state index contributed by atoms with van der Waals surface area (Å²) < 4.78 is 5.34. The zero-order chi connectivity index (χ0) is 21.4. The van der Waals surface area contributed by atoms with Crippen molar-refractivity contribution in [1.82, 2.24) is 5.32 Å². The summed E-state index contributed by atoms with van der Waals surface area (Å²) in [6.07, 6.45) is 0.111. The number of benzene rings is 2. The summed E-state index contributed by atoms with van der Waals surface area (Å²) in [6.45, 7) is 8.18. The highest BCUT2D eigenvalue weighted by molar-refractivity contribution is 5.99. The molecular formula is C23H28N2O4. The van der Waals surface area contributed by atoms with E-state index in [4.69, 9.17) is 4.74 Å². The van der Waals surface area contributed by atoms with Crippen LogP contribution in [0.2, 0.25) is 0 Å². The molecule has 0 fully saturated rings. The van der Waals surface area contributed by atoms with Gasteiger partial charge in [0.1, 0.15) is 5.75 Å². The number of carbonyl (C=O) groups excluding carboxylic acids is 3. The molecular weight excluding hydrogens is 368 g/mol. The van der Waals surface area contributed by atoms with Gasteiger partial charge in [-0.1, -0.05) is 17.7 Å². The molecule has 0 aromatic heterocycles. The van der Waals surface area contributed by atoms with Crippen molar-refractivity contribution in [2.75, 3.05) is 18.5 Å². The largest absolute Gasteiger partial charge is 0.494 e. The van der Waals surface area contributed by atoms with Gasteiger partial charge in [0, 0.05) is 24.1 Å². The van der Waals surface area contributed by atoms with Crippen molar-refractivity contribution < 1.29 is 19.1 Å². The fourth-order valence-corrected chi connectivity index (χ4v) is 3.10. The van der Waals surface area contributed by atoms with Crippen molar-refractivity contribution in [2.24, 2.45) is 0 Å². The molecule has 0 aliphatic carbocycles. The molecule has 0 aliphatic heterocycles. The van der Waals surface area contributed by atoms with E-state index in [0.717, 1.165) is 22.4 Å². The van der Waals surface area contributed by atoms with E-state index in [-0.39, 0.29) is 37.0 Å². The number of ketones is 1. The third-order valence-electron chi connectivity index (χ3n) is 4.45. The highest BCUT2D eigenvalue weighted by atomic mass is 16.5. The van der Waals surface area contributed by atoms with Crippen LogP contribution in [-0.2, 0) is 9.59 Å². The van der Waals surface area contributed by atoms with Gasteiger partial charge in [-0.3, -0.25) is 14.4 Å². The molecule has 2 aromatic carbocycles. The van der Waals surface area contributed by atoms with Crippen LogP contribution in [0.5, 0.6) is 5.75 Å². The first-order valence-electron chi connectivity index (χ1n) is 9.70. The van der Waals surface area contributed by atoms with E-state index in [9.17, 15) is 14.4 Å². The Hall–Kier alpha value is -3.15. The van der Waals surface area contributed by atoms with Gasteiger partial charge in [0.25, 0.3) is 0 Å². The lowest BCUT2D eigenvalue weighted by atomic mass is 10.1. The third kappa shape index (κ3) is 6.75. The smallest absolute Gasteiger partial charge is 0.243 e. The summed E-state index contributed by atoms with van der Waals surface area (Å²) in [4.78, 5) is 36.3. The molecule has 0 radical (unpaired) electrons. The summed E-state index contributed by atoms with van der Waals surface area (Å²) in [7, 11) is 0. The Morgan fingerprint density at radius 2 is 1.52 bits per heavy atom. The summed E-state index contributed by atoms with van der Waals surface area (Å²) in [6, 6.07) is 10.8. The van der Waals surface area contributed by atoms with Crippen LogP contribution in [0.4, 0.5) is 5.69 Å². The molecule has 0 atom stereocenters. The van der Waals surface area contributed by atoms with Crippen LogP contribution < -0.4 is 15.4 Å². The third-order valence-corrected chi connectivity index (χ3v) is 4.45. The maximum atomic E-state index is 12.2. The monoisotopic (exact) mass is 396 g/mol. The van der Waals surface area contributed by atoms with Gasteiger partial charge in [-0.2, -0.15) is 0 Å². The average molecular weight is 396 g/mol. The minimum atomic E-state index is -0.336. The van der Waals surface area contributed by atoms with Crippen molar-refractivity contribution in [1.29, 1.82) is 0 Å². The minimum Gasteiger partial charge on any atom is -0.494 e. The van der Waals surface area contributed by atoms with Crippen molar-refractivity contribution in [3.8, 4) is 5.75 Å². The molecule has 0 heterocycles. The Bertz CT molecular complexity index is 865. The van der Waals surface area contributed by atoms with Gasteiger partial charge in [0.15, 0.2) is 5.78 Å². The standard InChI is InChI=1S/C23H28N2O4/c1-5-29-19-8-6-18(7-9-19)20(26)10-11-21(27)24-14-22(28)25-23-16(3)12-15(2)13-17(23)4/h6-9,12-13H,5,10-11,14H2,1-4H3,(H,24,27)(H,25,28). The molecule has 2 N–H and O–H groups in total. The summed E-state index contributed by atoms with van der Waals surface area (Å²) in [5.41, 5.74) is 4.37. The van der Waals surface area contributed by atoms with Gasteiger partial charge in [0.2, 0.25) is 11.8 Å². The Morgan fingerprint density at radius 1 is 0.897 bits per heavy atom. The summed E-state index contributed by atoms with van der Waals surface area (Å²) >= 11 is 0. The van der Waals surface area contributed by atoms with Crippen molar-refractivity contribution in [3.05, 3.63) is 58.7 Å². The number of carbonyl (C=O) groups is 3. The Kier molecular flexibility index (Phi) is 7.95. The molecule has 2 rings (SSSR count). The maximum Gasteiger partial charge on any atom is 0.243 e. The lowest BCUT2D eigenvalue weighted by Gasteiger charge is -2.13. The highest BCUT2D eigenvalue weighted by Gasteiger charge is 2.12. The second kappa shape index (κ2) is 10.4. The van der Waals surface area contributed by atoms with Gasteiger partial charge in [0.05, 0.1) is 13.2 Å². The Labute approximate surface area is 171 Å². The molecule has 6 nitrogen and oxygen atoms in total. The fraction of sp³-hybridized carbons (Fsp3) is 0.348. The van der Waals surface area contributed by atoms with Crippen LogP contribution in [0.15, 0.2) is 36.4 Å². The fourth-order valence-electron chi connectivity index (χ4n) is 3.10. The molecule has 154 valence electrons. The van der Waals surface area contributed by atoms with E-state index in [2.05, 4.69) is 10.6 Å². The number of anilines is 1. The number of nitrogens with one attached hydrogen (secondary N) is 2. The number of ether oxygens (including phenoxy) is 1. The first-order chi connectivity index (χ1) is 13.8. The molecule has 2 amide bonds. The lowest BCUT2D eigenvalue weighted by Crippen LogP contribution is -2.33. The number of hydrogen-bond acceptors (Lipinski definition) is 4. The lowest BCUT2D eigenvalue weighted by molar-refractivity contribution is -0.124. The number of rotatable bonds is 9. The minimum absolute atomic E-state index is 0.0297. The summed E-state index contributed by atoms with van der Waals surface area (Å²) in [5, 5.41) is 5.40. The molecule has 0 saturated carbocycles. The van der Waals surface area contributed by atoms with Gasteiger partial charge in [-0.25, -0.2) is 0 Å². The average Bonchev–Trinajstić information content (AvgIpc) is 2.68. The van der Waals surface area contributed by atoms with Crippen molar-refractivity contribution in [3.63, 3.8) is 0 Å². The van der Waals surface area contributed by atoms with Gasteiger partial charge in [-0.05, 0) is 63.1 Å². The molecule has 6 heteroatoms. The van der Waals surface area contributed by atoms with E-state index in [1.807, 2.05) is 39.8 Å². The number of amides is 2. The second-order valence-corrected chi connectivity index (χ2v) is 6.98. The quantitative estimate of drug-likeness (QED) is 0.633. The molecule has 0 aliphatic rings. The van der Waals surface area contributed by atoms with Crippen LogP contribution >= 0.6 is 0 Å². The first kappa shape index (κ1) is 22.1.